The van der Waals surface area contributed by atoms with Gasteiger partial charge in [-0.2, -0.15) is 0 Å². The third-order valence-corrected chi connectivity index (χ3v) is 5.85. The highest BCUT2D eigenvalue weighted by Gasteiger charge is 2.37. The maximum atomic E-state index is 13.2. The third kappa shape index (κ3) is 3.97. The first kappa shape index (κ1) is 20.6. The quantitative estimate of drug-likeness (QED) is 0.553. The Morgan fingerprint density at radius 1 is 1.09 bits per heavy atom. The Balaban J connectivity index is 1.39. The van der Waals surface area contributed by atoms with Crippen LogP contribution in [0.15, 0.2) is 59.2 Å². The lowest BCUT2D eigenvalue weighted by Gasteiger charge is -2.35. The van der Waals surface area contributed by atoms with Crippen molar-refractivity contribution in [3.8, 4) is 5.75 Å². The molecule has 2 aliphatic heterocycles. The van der Waals surface area contributed by atoms with Gasteiger partial charge in [-0.3, -0.25) is 4.79 Å². The zero-order chi connectivity index (χ0) is 22.1. The smallest absolute Gasteiger partial charge is 0.329 e. The number of halogens is 1. The Kier molecular flexibility index (Phi) is 5.59. The number of hydrogen-bond acceptors (Lipinski definition) is 6. The molecular formula is C24H20ClNO6. The van der Waals surface area contributed by atoms with E-state index in [9.17, 15) is 9.59 Å². The van der Waals surface area contributed by atoms with Gasteiger partial charge in [0.05, 0.1) is 12.9 Å². The van der Waals surface area contributed by atoms with E-state index in [1.165, 1.54) is 11.2 Å². The summed E-state index contributed by atoms with van der Waals surface area (Å²) in [7, 11) is 0. The van der Waals surface area contributed by atoms with Gasteiger partial charge in [0.15, 0.2) is 12.6 Å². The lowest BCUT2D eigenvalue weighted by atomic mass is 9.93. The van der Waals surface area contributed by atoms with Gasteiger partial charge in [-0.05, 0) is 35.4 Å². The number of amides is 1. The van der Waals surface area contributed by atoms with Crippen LogP contribution in [-0.4, -0.2) is 29.6 Å². The summed E-state index contributed by atoms with van der Waals surface area (Å²) in [6, 6.07) is 13.7. The highest BCUT2D eigenvalue weighted by Crippen LogP contribution is 2.33. The van der Waals surface area contributed by atoms with Crippen molar-refractivity contribution >= 4 is 23.5 Å². The molecule has 0 bridgehead atoms. The number of fused-ring (bicyclic) bond motifs is 2. The monoisotopic (exact) mass is 453 g/mol. The fourth-order valence-corrected chi connectivity index (χ4v) is 4.36. The molecule has 0 radical (unpaired) electrons. The lowest BCUT2D eigenvalue weighted by molar-refractivity contribution is -0.151. The first-order valence-corrected chi connectivity index (χ1v) is 10.6. The number of carbonyl (C=O) groups excluding carboxylic acids is 2. The standard InChI is InChI=1S/C24H20ClNO6/c25-19-8-17-12-29-14-32-22(17)18(9-19)13-31-24(28)20-10-15-4-1-2-5-16(15)11-26(20)23(27)21-6-3-7-30-21/h1-9,20H,10-14H2. The number of furan rings is 1. The molecule has 0 saturated carbocycles. The zero-order valence-corrected chi connectivity index (χ0v) is 17.8. The maximum absolute atomic E-state index is 13.2. The third-order valence-electron chi connectivity index (χ3n) is 5.64. The van der Waals surface area contributed by atoms with Gasteiger partial charge in [0.1, 0.15) is 18.4 Å². The molecule has 3 aromatic rings. The average molecular weight is 454 g/mol. The van der Waals surface area contributed by atoms with E-state index in [0.717, 1.165) is 16.7 Å². The minimum absolute atomic E-state index is 0.0251. The first-order chi connectivity index (χ1) is 15.6. The number of benzene rings is 2. The second kappa shape index (κ2) is 8.68. The van der Waals surface area contributed by atoms with E-state index in [2.05, 4.69) is 0 Å². The summed E-state index contributed by atoms with van der Waals surface area (Å²) in [6.45, 7) is 0.771. The van der Waals surface area contributed by atoms with E-state index in [4.69, 9.17) is 30.2 Å². The molecule has 1 aromatic heterocycles. The van der Waals surface area contributed by atoms with E-state index >= 15 is 0 Å². The van der Waals surface area contributed by atoms with Crippen molar-refractivity contribution in [1.82, 2.24) is 4.90 Å². The first-order valence-electron chi connectivity index (χ1n) is 10.2. The van der Waals surface area contributed by atoms with Crippen molar-refractivity contribution in [3.05, 3.63) is 87.8 Å². The SMILES string of the molecule is O=C(OCc1cc(Cl)cc2c1OCOC2)C1Cc2ccccc2CN1C(=O)c1ccco1. The Morgan fingerprint density at radius 3 is 2.75 bits per heavy atom. The summed E-state index contributed by atoms with van der Waals surface area (Å²) in [5, 5.41) is 0.505. The van der Waals surface area contributed by atoms with Crippen LogP contribution in [0.1, 0.15) is 32.8 Å². The van der Waals surface area contributed by atoms with Crippen molar-refractivity contribution in [3.63, 3.8) is 0 Å². The zero-order valence-electron chi connectivity index (χ0n) is 17.1. The average Bonchev–Trinajstić information content (AvgIpc) is 3.36. The molecule has 32 heavy (non-hydrogen) atoms. The van der Waals surface area contributed by atoms with Crippen LogP contribution in [0.5, 0.6) is 5.75 Å². The predicted molar refractivity (Wildman–Crippen MR) is 114 cm³/mol. The molecule has 8 heteroatoms. The molecule has 0 spiro atoms. The second-order valence-electron chi connectivity index (χ2n) is 7.67. The van der Waals surface area contributed by atoms with E-state index in [0.29, 0.717) is 35.9 Å². The summed E-state index contributed by atoms with van der Waals surface area (Å²) in [5.41, 5.74) is 3.47. The van der Waals surface area contributed by atoms with Crippen LogP contribution >= 0.6 is 11.6 Å². The molecule has 2 aromatic carbocycles. The Bertz CT molecular complexity index is 1160. The van der Waals surface area contributed by atoms with Crippen LogP contribution in [0.2, 0.25) is 5.02 Å². The highest BCUT2D eigenvalue weighted by atomic mass is 35.5. The van der Waals surface area contributed by atoms with Gasteiger partial charge in [-0.25, -0.2) is 4.79 Å². The number of nitrogens with zero attached hydrogens (tertiary/aromatic N) is 1. The predicted octanol–water partition coefficient (Wildman–Crippen LogP) is 4.11. The van der Waals surface area contributed by atoms with Crippen LogP contribution in [-0.2, 0) is 40.4 Å². The summed E-state index contributed by atoms with van der Waals surface area (Å²) in [5.74, 6) is -0.0577. The van der Waals surface area contributed by atoms with Crippen molar-refractivity contribution < 1.29 is 28.2 Å². The van der Waals surface area contributed by atoms with E-state index < -0.39 is 12.0 Å². The van der Waals surface area contributed by atoms with Crippen LogP contribution in [0.4, 0.5) is 0 Å². The summed E-state index contributed by atoms with van der Waals surface area (Å²) >= 11 is 6.21. The van der Waals surface area contributed by atoms with Crippen molar-refractivity contribution in [1.29, 1.82) is 0 Å². The molecule has 164 valence electrons. The van der Waals surface area contributed by atoms with Crippen molar-refractivity contribution in [2.75, 3.05) is 6.79 Å². The van der Waals surface area contributed by atoms with Gasteiger partial charge in [0, 0.05) is 29.1 Å². The molecule has 1 amide bonds. The minimum Gasteiger partial charge on any atom is -0.467 e. The second-order valence-corrected chi connectivity index (χ2v) is 8.11. The number of carbonyl (C=O) groups is 2. The summed E-state index contributed by atoms with van der Waals surface area (Å²) in [6.07, 6.45) is 1.80. The number of rotatable bonds is 4. The van der Waals surface area contributed by atoms with E-state index in [1.807, 2.05) is 24.3 Å². The number of esters is 1. The van der Waals surface area contributed by atoms with Gasteiger partial charge in [-0.1, -0.05) is 35.9 Å². The van der Waals surface area contributed by atoms with Crippen LogP contribution in [0.3, 0.4) is 0 Å². The molecule has 5 rings (SSSR count). The topological polar surface area (TPSA) is 78.2 Å². The van der Waals surface area contributed by atoms with Crippen molar-refractivity contribution in [2.45, 2.75) is 32.2 Å². The molecular weight excluding hydrogens is 434 g/mol. The van der Waals surface area contributed by atoms with Gasteiger partial charge in [-0.15, -0.1) is 0 Å². The highest BCUT2D eigenvalue weighted by molar-refractivity contribution is 6.30. The van der Waals surface area contributed by atoms with Crippen molar-refractivity contribution in [2.24, 2.45) is 0 Å². The maximum Gasteiger partial charge on any atom is 0.329 e. The fourth-order valence-electron chi connectivity index (χ4n) is 4.10. The molecule has 2 aliphatic rings. The van der Waals surface area contributed by atoms with Gasteiger partial charge in [0.2, 0.25) is 0 Å². The Hall–Kier alpha value is -3.29. The largest absolute Gasteiger partial charge is 0.467 e. The van der Waals surface area contributed by atoms with E-state index in [1.54, 1.807) is 24.3 Å². The Morgan fingerprint density at radius 2 is 1.94 bits per heavy atom. The van der Waals surface area contributed by atoms with Crippen LogP contribution < -0.4 is 4.74 Å². The number of hydrogen-bond donors (Lipinski definition) is 0. The number of ether oxygens (including phenoxy) is 3. The van der Waals surface area contributed by atoms with Gasteiger partial charge in [0.25, 0.3) is 5.91 Å². The molecule has 0 saturated heterocycles. The molecule has 7 nitrogen and oxygen atoms in total. The van der Waals surface area contributed by atoms with E-state index in [-0.39, 0.29) is 25.1 Å². The summed E-state index contributed by atoms with van der Waals surface area (Å²) < 4.78 is 21.8. The molecule has 1 atom stereocenters. The molecule has 0 aliphatic carbocycles. The molecule has 0 N–H and O–H groups in total. The molecule has 3 heterocycles. The van der Waals surface area contributed by atoms with Gasteiger partial charge >= 0.3 is 5.97 Å². The van der Waals surface area contributed by atoms with Gasteiger partial charge < -0.3 is 23.5 Å². The van der Waals surface area contributed by atoms with Crippen LogP contribution in [0.25, 0.3) is 0 Å². The fraction of sp³-hybridized carbons (Fsp3) is 0.250. The summed E-state index contributed by atoms with van der Waals surface area (Å²) in [4.78, 5) is 27.7. The normalized spacial score (nSPS) is 17.2. The molecule has 0 fully saturated rings. The molecule has 1 unspecified atom stereocenters. The Labute approximate surface area is 189 Å². The van der Waals surface area contributed by atoms with Crippen LogP contribution in [0, 0.1) is 0 Å². The lowest BCUT2D eigenvalue weighted by Crippen LogP contribution is -2.49. The minimum atomic E-state index is -0.776.